The first-order valence-electron chi connectivity index (χ1n) is 5.88. The van der Waals surface area contributed by atoms with Crippen molar-refractivity contribution in [3.63, 3.8) is 0 Å². The van der Waals surface area contributed by atoms with Crippen molar-refractivity contribution in [2.45, 2.75) is 44.7 Å². The maximum absolute atomic E-state index is 12.0. The summed E-state index contributed by atoms with van der Waals surface area (Å²) in [5.74, 6) is 0.584. The normalized spacial score (nSPS) is 29.1. The van der Waals surface area contributed by atoms with Crippen molar-refractivity contribution in [1.82, 2.24) is 4.90 Å². The Morgan fingerprint density at radius 3 is 2.31 bits per heavy atom. The van der Waals surface area contributed by atoms with E-state index < -0.39 is 15.4 Å². The molecular formula is C11H19NO3S. The molecule has 5 heteroatoms. The lowest BCUT2D eigenvalue weighted by Gasteiger charge is -2.42. The molecule has 0 aromatic rings. The van der Waals surface area contributed by atoms with E-state index in [1.807, 2.05) is 0 Å². The average molecular weight is 245 g/mol. The lowest BCUT2D eigenvalue weighted by atomic mass is 9.87. The Balaban J connectivity index is 2.26. The minimum absolute atomic E-state index is 0.169. The number of ketones is 1. The molecule has 0 amide bonds. The Labute approximate surface area is 96.9 Å². The van der Waals surface area contributed by atoms with Crippen molar-refractivity contribution in [3.8, 4) is 0 Å². The molecule has 0 unspecified atom stereocenters. The SMILES string of the molecule is CC(C)N1CCC(=O)C12CCS(=O)(=O)CC2. The van der Waals surface area contributed by atoms with Crippen LogP contribution in [0.4, 0.5) is 0 Å². The predicted molar refractivity (Wildman–Crippen MR) is 62.1 cm³/mol. The first-order chi connectivity index (χ1) is 7.37. The molecule has 1 spiro atoms. The molecule has 4 nitrogen and oxygen atoms in total. The zero-order chi connectivity index (χ0) is 12.0. The van der Waals surface area contributed by atoms with Gasteiger partial charge in [-0.2, -0.15) is 0 Å². The highest BCUT2D eigenvalue weighted by molar-refractivity contribution is 7.91. The maximum Gasteiger partial charge on any atom is 0.154 e. The molecule has 0 N–H and O–H groups in total. The minimum Gasteiger partial charge on any atom is -0.298 e. The highest BCUT2D eigenvalue weighted by Crippen LogP contribution is 2.37. The van der Waals surface area contributed by atoms with Gasteiger partial charge in [-0.1, -0.05) is 0 Å². The number of carbonyl (C=O) groups excluding carboxylic acids is 1. The number of nitrogens with zero attached hydrogens (tertiary/aromatic N) is 1. The van der Waals surface area contributed by atoms with E-state index in [2.05, 4.69) is 18.7 Å². The molecule has 2 aliphatic rings. The molecule has 92 valence electrons. The summed E-state index contributed by atoms with van der Waals surface area (Å²) in [6.45, 7) is 4.93. The molecule has 2 saturated heterocycles. The lowest BCUT2D eigenvalue weighted by Crippen LogP contribution is -2.55. The Bertz CT molecular complexity index is 385. The third-order valence-electron chi connectivity index (χ3n) is 3.93. The van der Waals surface area contributed by atoms with Crippen LogP contribution in [-0.2, 0) is 14.6 Å². The Kier molecular flexibility index (Phi) is 2.87. The fraction of sp³-hybridized carbons (Fsp3) is 0.909. The van der Waals surface area contributed by atoms with E-state index in [1.54, 1.807) is 0 Å². The summed E-state index contributed by atoms with van der Waals surface area (Å²) in [5.41, 5.74) is -0.459. The summed E-state index contributed by atoms with van der Waals surface area (Å²) in [7, 11) is -2.90. The van der Waals surface area contributed by atoms with E-state index in [0.29, 0.717) is 25.3 Å². The van der Waals surface area contributed by atoms with Gasteiger partial charge in [-0.3, -0.25) is 9.69 Å². The molecule has 2 heterocycles. The highest BCUT2D eigenvalue weighted by Gasteiger charge is 2.51. The van der Waals surface area contributed by atoms with E-state index >= 15 is 0 Å². The molecule has 0 atom stereocenters. The first kappa shape index (κ1) is 12.0. The number of Topliss-reactive ketones (excluding diaryl/α,β-unsaturated/α-hetero) is 1. The van der Waals surface area contributed by atoms with Gasteiger partial charge in [-0.05, 0) is 26.7 Å². The zero-order valence-corrected chi connectivity index (χ0v) is 10.7. The van der Waals surface area contributed by atoms with Crippen LogP contribution in [0.25, 0.3) is 0 Å². The van der Waals surface area contributed by atoms with Crippen molar-refractivity contribution in [1.29, 1.82) is 0 Å². The summed E-state index contributed by atoms with van der Waals surface area (Å²) in [5, 5.41) is 0. The number of carbonyl (C=O) groups is 1. The maximum atomic E-state index is 12.0. The van der Waals surface area contributed by atoms with E-state index in [1.165, 1.54) is 0 Å². The molecule has 16 heavy (non-hydrogen) atoms. The number of sulfone groups is 1. The molecule has 0 bridgehead atoms. The summed E-state index contributed by atoms with van der Waals surface area (Å²) < 4.78 is 22.9. The van der Waals surface area contributed by atoms with Crippen LogP contribution in [0.5, 0.6) is 0 Å². The Hall–Kier alpha value is -0.420. The van der Waals surface area contributed by atoms with Crippen molar-refractivity contribution >= 4 is 15.6 Å². The van der Waals surface area contributed by atoms with Gasteiger partial charge >= 0.3 is 0 Å². The third-order valence-corrected chi connectivity index (χ3v) is 5.58. The molecule has 0 aromatic carbocycles. The van der Waals surface area contributed by atoms with Gasteiger partial charge in [0.1, 0.15) is 9.84 Å². The molecule has 2 aliphatic heterocycles. The standard InChI is InChI=1S/C11H19NO3S/c1-9(2)12-6-3-10(13)11(12)4-7-16(14,15)8-5-11/h9H,3-8H2,1-2H3. The average Bonchev–Trinajstić information content (AvgIpc) is 2.50. The van der Waals surface area contributed by atoms with Gasteiger partial charge in [-0.15, -0.1) is 0 Å². The summed E-state index contributed by atoms with van der Waals surface area (Å²) in [6.07, 6.45) is 1.57. The van der Waals surface area contributed by atoms with E-state index in [-0.39, 0.29) is 17.3 Å². The number of hydrogen-bond acceptors (Lipinski definition) is 4. The van der Waals surface area contributed by atoms with E-state index in [0.717, 1.165) is 6.54 Å². The van der Waals surface area contributed by atoms with Gasteiger partial charge in [0.2, 0.25) is 0 Å². The van der Waals surface area contributed by atoms with Crippen LogP contribution < -0.4 is 0 Å². The van der Waals surface area contributed by atoms with Gasteiger partial charge in [0.05, 0.1) is 17.0 Å². The van der Waals surface area contributed by atoms with Gasteiger partial charge in [0.25, 0.3) is 0 Å². The van der Waals surface area contributed by atoms with E-state index in [9.17, 15) is 13.2 Å². The van der Waals surface area contributed by atoms with Crippen molar-refractivity contribution < 1.29 is 13.2 Å². The predicted octanol–water partition coefficient (Wildman–Crippen LogP) is 0.617. The van der Waals surface area contributed by atoms with Crippen LogP contribution in [0.3, 0.4) is 0 Å². The summed E-state index contributed by atoms with van der Waals surface area (Å²) in [4.78, 5) is 14.2. The number of rotatable bonds is 1. The van der Waals surface area contributed by atoms with Crippen LogP contribution in [0, 0.1) is 0 Å². The molecular weight excluding hydrogens is 226 g/mol. The number of hydrogen-bond donors (Lipinski definition) is 0. The second-order valence-corrected chi connectivity index (χ2v) is 7.45. The van der Waals surface area contributed by atoms with E-state index in [4.69, 9.17) is 0 Å². The Morgan fingerprint density at radius 1 is 1.25 bits per heavy atom. The summed E-state index contributed by atoms with van der Waals surface area (Å²) >= 11 is 0. The van der Waals surface area contributed by atoms with Crippen LogP contribution in [0.2, 0.25) is 0 Å². The highest BCUT2D eigenvalue weighted by atomic mass is 32.2. The van der Waals surface area contributed by atoms with Crippen molar-refractivity contribution in [2.75, 3.05) is 18.1 Å². The molecule has 2 rings (SSSR count). The molecule has 0 aromatic heterocycles. The van der Waals surface area contributed by atoms with Gasteiger partial charge in [0.15, 0.2) is 5.78 Å². The second kappa shape index (κ2) is 3.81. The fourth-order valence-electron chi connectivity index (χ4n) is 3.02. The van der Waals surface area contributed by atoms with Crippen LogP contribution >= 0.6 is 0 Å². The van der Waals surface area contributed by atoms with Crippen LogP contribution in [0.1, 0.15) is 33.1 Å². The lowest BCUT2D eigenvalue weighted by molar-refractivity contribution is -0.126. The van der Waals surface area contributed by atoms with Crippen molar-refractivity contribution in [2.24, 2.45) is 0 Å². The molecule has 2 fully saturated rings. The Morgan fingerprint density at radius 2 is 1.81 bits per heavy atom. The summed E-state index contributed by atoms with van der Waals surface area (Å²) in [6, 6.07) is 0.312. The second-order valence-electron chi connectivity index (χ2n) is 5.14. The monoisotopic (exact) mass is 245 g/mol. The number of likely N-dealkylation sites (tertiary alicyclic amines) is 1. The smallest absolute Gasteiger partial charge is 0.154 e. The van der Waals surface area contributed by atoms with Crippen LogP contribution in [0.15, 0.2) is 0 Å². The quantitative estimate of drug-likeness (QED) is 0.679. The van der Waals surface area contributed by atoms with Gasteiger partial charge in [-0.25, -0.2) is 8.42 Å². The molecule has 0 aliphatic carbocycles. The van der Waals surface area contributed by atoms with Crippen LogP contribution in [-0.4, -0.2) is 48.7 Å². The zero-order valence-electron chi connectivity index (χ0n) is 9.90. The first-order valence-corrected chi connectivity index (χ1v) is 7.70. The van der Waals surface area contributed by atoms with Crippen molar-refractivity contribution in [3.05, 3.63) is 0 Å². The minimum atomic E-state index is -2.90. The largest absolute Gasteiger partial charge is 0.298 e. The van der Waals surface area contributed by atoms with Gasteiger partial charge in [0, 0.05) is 19.0 Å². The van der Waals surface area contributed by atoms with Gasteiger partial charge < -0.3 is 0 Å². The fourth-order valence-corrected chi connectivity index (χ4v) is 4.52. The third kappa shape index (κ3) is 1.80. The molecule has 0 radical (unpaired) electrons. The topological polar surface area (TPSA) is 54.5 Å². The molecule has 0 saturated carbocycles.